The number of esters is 1. The van der Waals surface area contributed by atoms with Crippen molar-refractivity contribution in [3.8, 4) is 0 Å². The van der Waals surface area contributed by atoms with Gasteiger partial charge in [0.05, 0.1) is 12.5 Å². The summed E-state index contributed by atoms with van der Waals surface area (Å²) in [4.78, 5) is 25.6. The Bertz CT molecular complexity index is 838. The summed E-state index contributed by atoms with van der Waals surface area (Å²) in [5.74, 6) is -0.513. The topological polar surface area (TPSA) is 78.6 Å². The zero-order valence-corrected chi connectivity index (χ0v) is 17.3. The monoisotopic (exact) mass is 467 g/mol. The molecule has 0 saturated heterocycles. The standard InChI is InChI=1S/C20H22INO4/c1-4-25-19(24)17-15(11-6-5-7-12(21)8-11)16-13(23)9-20(2,3)10-14(16)26-18(17)22/h5-8,15H,4,9-10,22H2,1-3H3. The van der Waals surface area contributed by atoms with E-state index in [2.05, 4.69) is 22.6 Å². The number of hydrogen-bond acceptors (Lipinski definition) is 5. The van der Waals surface area contributed by atoms with Crippen molar-refractivity contribution < 1.29 is 19.1 Å². The summed E-state index contributed by atoms with van der Waals surface area (Å²) in [6, 6.07) is 7.73. The van der Waals surface area contributed by atoms with E-state index in [-0.39, 0.29) is 29.3 Å². The van der Waals surface area contributed by atoms with Crippen LogP contribution in [-0.4, -0.2) is 18.4 Å². The Morgan fingerprint density at radius 1 is 1.38 bits per heavy atom. The highest BCUT2D eigenvalue weighted by Gasteiger charge is 2.45. The number of ether oxygens (including phenoxy) is 2. The van der Waals surface area contributed by atoms with Gasteiger partial charge in [0.2, 0.25) is 5.88 Å². The lowest BCUT2D eigenvalue weighted by molar-refractivity contribution is -0.139. The molecule has 1 heterocycles. The third kappa shape index (κ3) is 3.51. The van der Waals surface area contributed by atoms with Crippen LogP contribution < -0.4 is 5.73 Å². The molecule has 2 aliphatic rings. The Labute approximate surface area is 166 Å². The van der Waals surface area contributed by atoms with Crippen molar-refractivity contribution in [3.05, 3.63) is 56.2 Å². The molecule has 5 nitrogen and oxygen atoms in total. The number of allylic oxidation sites excluding steroid dienone is 2. The van der Waals surface area contributed by atoms with Gasteiger partial charge >= 0.3 is 5.97 Å². The average Bonchev–Trinajstić information content (AvgIpc) is 2.52. The molecule has 0 amide bonds. The van der Waals surface area contributed by atoms with E-state index in [1.807, 2.05) is 38.1 Å². The first kappa shape index (κ1) is 18.9. The lowest BCUT2D eigenvalue weighted by Crippen LogP contribution is -2.35. The normalized spacial score (nSPS) is 22.0. The molecular formula is C20H22INO4. The molecule has 1 unspecified atom stereocenters. The van der Waals surface area contributed by atoms with Gasteiger partial charge in [-0.25, -0.2) is 4.79 Å². The van der Waals surface area contributed by atoms with Crippen LogP contribution in [0.4, 0.5) is 0 Å². The maximum Gasteiger partial charge on any atom is 0.340 e. The highest BCUT2D eigenvalue weighted by Crippen LogP contribution is 2.48. The average molecular weight is 467 g/mol. The van der Waals surface area contributed by atoms with Gasteiger partial charge in [0.15, 0.2) is 5.78 Å². The minimum absolute atomic E-state index is 0.00518. The van der Waals surface area contributed by atoms with Crippen LogP contribution in [0.2, 0.25) is 0 Å². The Kier molecular flexibility index (Phi) is 5.14. The van der Waals surface area contributed by atoms with Crippen molar-refractivity contribution in [3.63, 3.8) is 0 Å². The lowest BCUT2D eigenvalue weighted by Gasteiger charge is -2.38. The van der Waals surface area contributed by atoms with Gasteiger partial charge in [-0.2, -0.15) is 0 Å². The van der Waals surface area contributed by atoms with Crippen molar-refractivity contribution in [1.82, 2.24) is 0 Å². The largest absolute Gasteiger partial charge is 0.462 e. The molecule has 0 bridgehead atoms. The number of halogens is 1. The quantitative estimate of drug-likeness (QED) is 0.541. The summed E-state index contributed by atoms with van der Waals surface area (Å²) in [5, 5.41) is 0. The number of nitrogens with two attached hydrogens (primary N) is 1. The summed E-state index contributed by atoms with van der Waals surface area (Å²) in [7, 11) is 0. The lowest BCUT2D eigenvalue weighted by atomic mass is 9.70. The molecule has 0 saturated carbocycles. The molecule has 6 heteroatoms. The molecule has 1 aromatic rings. The first-order valence-electron chi connectivity index (χ1n) is 8.60. The van der Waals surface area contributed by atoms with Gasteiger partial charge in [0.1, 0.15) is 11.3 Å². The van der Waals surface area contributed by atoms with Crippen LogP contribution in [-0.2, 0) is 19.1 Å². The molecule has 0 spiro atoms. The van der Waals surface area contributed by atoms with Crippen molar-refractivity contribution in [2.75, 3.05) is 6.61 Å². The smallest absolute Gasteiger partial charge is 0.340 e. The third-order valence-corrected chi connectivity index (χ3v) is 5.30. The molecule has 0 aromatic heterocycles. The summed E-state index contributed by atoms with van der Waals surface area (Å²) < 4.78 is 12.0. The molecule has 1 aliphatic carbocycles. The summed E-state index contributed by atoms with van der Waals surface area (Å²) in [5.41, 5.74) is 7.50. The molecule has 1 aliphatic heterocycles. The van der Waals surface area contributed by atoms with Crippen molar-refractivity contribution in [1.29, 1.82) is 0 Å². The zero-order valence-electron chi connectivity index (χ0n) is 15.1. The van der Waals surface area contributed by atoms with Crippen LogP contribution in [0, 0.1) is 8.99 Å². The fourth-order valence-corrected chi connectivity index (χ4v) is 4.18. The van der Waals surface area contributed by atoms with E-state index in [9.17, 15) is 9.59 Å². The van der Waals surface area contributed by atoms with Gasteiger partial charge in [0.25, 0.3) is 0 Å². The van der Waals surface area contributed by atoms with Crippen LogP contribution in [0.15, 0.2) is 47.1 Å². The van der Waals surface area contributed by atoms with E-state index in [0.717, 1.165) is 9.13 Å². The molecule has 138 valence electrons. The van der Waals surface area contributed by atoms with E-state index in [1.54, 1.807) is 6.92 Å². The third-order valence-electron chi connectivity index (χ3n) is 4.63. The number of carbonyl (C=O) groups is 2. The number of ketones is 1. The maximum absolute atomic E-state index is 13.0. The number of carbonyl (C=O) groups excluding carboxylic acids is 2. The van der Waals surface area contributed by atoms with E-state index < -0.39 is 11.9 Å². The van der Waals surface area contributed by atoms with Gasteiger partial charge in [-0.15, -0.1) is 0 Å². The molecule has 2 N–H and O–H groups in total. The number of benzene rings is 1. The van der Waals surface area contributed by atoms with Gasteiger partial charge < -0.3 is 15.2 Å². The van der Waals surface area contributed by atoms with Gasteiger partial charge in [-0.05, 0) is 52.6 Å². The highest BCUT2D eigenvalue weighted by molar-refractivity contribution is 14.1. The summed E-state index contributed by atoms with van der Waals surface area (Å²) in [6.07, 6.45) is 1.01. The minimum Gasteiger partial charge on any atom is -0.462 e. The van der Waals surface area contributed by atoms with Crippen LogP contribution in [0.1, 0.15) is 45.1 Å². The van der Waals surface area contributed by atoms with Crippen LogP contribution in [0.3, 0.4) is 0 Å². The second kappa shape index (κ2) is 7.06. The first-order valence-corrected chi connectivity index (χ1v) is 9.67. The zero-order chi connectivity index (χ0) is 19.1. The molecule has 0 fully saturated rings. The number of rotatable bonds is 3. The van der Waals surface area contributed by atoms with Crippen LogP contribution in [0.25, 0.3) is 0 Å². The van der Waals surface area contributed by atoms with E-state index in [4.69, 9.17) is 15.2 Å². The number of Topliss-reactive ketones (excluding diaryl/α,β-unsaturated/α-hetero) is 1. The molecule has 0 radical (unpaired) electrons. The molecule has 1 atom stereocenters. The van der Waals surface area contributed by atoms with Crippen LogP contribution >= 0.6 is 22.6 Å². The van der Waals surface area contributed by atoms with Gasteiger partial charge in [0, 0.05) is 22.0 Å². The van der Waals surface area contributed by atoms with Crippen molar-refractivity contribution >= 4 is 34.3 Å². The van der Waals surface area contributed by atoms with Crippen molar-refractivity contribution in [2.24, 2.45) is 11.1 Å². The van der Waals surface area contributed by atoms with E-state index >= 15 is 0 Å². The Morgan fingerprint density at radius 2 is 2.12 bits per heavy atom. The van der Waals surface area contributed by atoms with E-state index in [0.29, 0.717) is 24.2 Å². The van der Waals surface area contributed by atoms with Crippen LogP contribution in [0.5, 0.6) is 0 Å². The fraction of sp³-hybridized carbons (Fsp3) is 0.400. The molecular weight excluding hydrogens is 445 g/mol. The minimum atomic E-state index is -0.559. The highest BCUT2D eigenvalue weighted by atomic mass is 127. The van der Waals surface area contributed by atoms with Gasteiger partial charge in [-0.1, -0.05) is 26.0 Å². The predicted molar refractivity (Wildman–Crippen MR) is 106 cm³/mol. The SMILES string of the molecule is CCOC(=O)C1=C(N)OC2=C(C(=O)CC(C)(C)C2)C1c1cccc(I)c1. The molecule has 3 rings (SSSR count). The maximum atomic E-state index is 13.0. The Balaban J connectivity index is 2.18. The summed E-state index contributed by atoms with van der Waals surface area (Å²) >= 11 is 2.21. The fourth-order valence-electron chi connectivity index (χ4n) is 3.61. The predicted octanol–water partition coefficient (Wildman–Crippen LogP) is 3.78. The Hall–Kier alpha value is -1.83. The molecule has 26 heavy (non-hydrogen) atoms. The second-order valence-corrected chi connectivity index (χ2v) is 8.61. The Morgan fingerprint density at radius 3 is 2.77 bits per heavy atom. The summed E-state index contributed by atoms with van der Waals surface area (Å²) in [6.45, 7) is 6.01. The van der Waals surface area contributed by atoms with Crippen molar-refractivity contribution in [2.45, 2.75) is 39.5 Å². The van der Waals surface area contributed by atoms with Gasteiger partial charge in [-0.3, -0.25) is 4.79 Å². The second-order valence-electron chi connectivity index (χ2n) is 7.37. The van der Waals surface area contributed by atoms with E-state index in [1.165, 1.54) is 0 Å². The number of hydrogen-bond donors (Lipinski definition) is 1. The first-order chi connectivity index (χ1) is 12.2. The molecule has 1 aromatic carbocycles.